The second-order valence-electron chi connectivity index (χ2n) is 6.40. The highest BCUT2D eigenvalue weighted by molar-refractivity contribution is 5.94. The Bertz CT molecular complexity index is 769. The van der Waals surface area contributed by atoms with Gasteiger partial charge in [-0.25, -0.2) is 4.79 Å². The van der Waals surface area contributed by atoms with Gasteiger partial charge in [-0.3, -0.25) is 9.78 Å². The van der Waals surface area contributed by atoms with Crippen LogP contribution in [0.15, 0.2) is 42.7 Å². The Kier molecular flexibility index (Phi) is 4.97. The molecule has 6 nitrogen and oxygen atoms in total. The number of hydrogen-bond donors (Lipinski definition) is 3. The number of carbonyl (C=O) groups excluding carboxylic acids is 2. The molecule has 0 saturated heterocycles. The lowest BCUT2D eigenvalue weighted by Crippen LogP contribution is -2.31. The van der Waals surface area contributed by atoms with Crippen molar-refractivity contribution in [2.45, 2.75) is 32.7 Å². The van der Waals surface area contributed by atoms with Crippen LogP contribution in [0.4, 0.5) is 16.2 Å². The van der Waals surface area contributed by atoms with Gasteiger partial charge in [-0.05, 0) is 56.0 Å². The van der Waals surface area contributed by atoms with Gasteiger partial charge >= 0.3 is 6.03 Å². The average molecular weight is 338 g/mol. The van der Waals surface area contributed by atoms with Gasteiger partial charge in [0, 0.05) is 29.7 Å². The molecule has 1 unspecified atom stereocenters. The minimum absolute atomic E-state index is 0.0889. The molecule has 2 aromatic rings. The van der Waals surface area contributed by atoms with Crippen LogP contribution in [0.5, 0.6) is 0 Å². The number of aryl methyl sites for hydroxylation is 1. The van der Waals surface area contributed by atoms with Gasteiger partial charge in [0.2, 0.25) is 5.91 Å². The summed E-state index contributed by atoms with van der Waals surface area (Å²) >= 11 is 0. The van der Waals surface area contributed by atoms with Crippen LogP contribution in [0, 0.1) is 12.8 Å². The molecule has 3 rings (SSSR count). The molecule has 0 bridgehead atoms. The molecular weight excluding hydrogens is 316 g/mol. The van der Waals surface area contributed by atoms with Gasteiger partial charge in [0.05, 0.1) is 6.04 Å². The number of urea groups is 1. The lowest BCUT2D eigenvalue weighted by atomic mass is 10.1. The molecule has 1 saturated carbocycles. The van der Waals surface area contributed by atoms with E-state index in [0.717, 1.165) is 35.3 Å². The van der Waals surface area contributed by atoms with Crippen molar-refractivity contribution in [2.24, 2.45) is 5.92 Å². The fourth-order valence-corrected chi connectivity index (χ4v) is 2.50. The van der Waals surface area contributed by atoms with E-state index in [1.165, 1.54) is 0 Å². The van der Waals surface area contributed by atoms with Gasteiger partial charge in [0.15, 0.2) is 0 Å². The van der Waals surface area contributed by atoms with Gasteiger partial charge in [0.25, 0.3) is 0 Å². The summed E-state index contributed by atoms with van der Waals surface area (Å²) in [5, 5.41) is 8.63. The monoisotopic (exact) mass is 338 g/mol. The normalized spacial score (nSPS) is 14.5. The van der Waals surface area contributed by atoms with Gasteiger partial charge in [-0.15, -0.1) is 0 Å². The number of benzene rings is 1. The number of carbonyl (C=O) groups is 2. The number of nitrogens with zero attached hydrogens (tertiary/aromatic N) is 1. The Morgan fingerprint density at radius 2 is 1.84 bits per heavy atom. The Balaban J connectivity index is 1.55. The van der Waals surface area contributed by atoms with E-state index in [4.69, 9.17) is 0 Å². The third-order valence-electron chi connectivity index (χ3n) is 4.24. The van der Waals surface area contributed by atoms with Crippen molar-refractivity contribution in [3.05, 3.63) is 53.9 Å². The van der Waals surface area contributed by atoms with Crippen LogP contribution in [-0.2, 0) is 4.79 Å². The number of aromatic nitrogens is 1. The van der Waals surface area contributed by atoms with E-state index in [9.17, 15) is 9.59 Å². The predicted molar refractivity (Wildman–Crippen MR) is 97.3 cm³/mol. The number of amides is 3. The maximum atomic E-state index is 12.1. The van der Waals surface area contributed by atoms with Crippen molar-refractivity contribution in [1.82, 2.24) is 10.3 Å². The van der Waals surface area contributed by atoms with Crippen molar-refractivity contribution in [3.63, 3.8) is 0 Å². The summed E-state index contributed by atoms with van der Waals surface area (Å²) in [6.07, 6.45) is 5.31. The number of hydrogen-bond acceptors (Lipinski definition) is 3. The van der Waals surface area contributed by atoms with Crippen molar-refractivity contribution in [2.75, 3.05) is 10.6 Å². The molecule has 0 spiro atoms. The molecule has 1 aliphatic rings. The van der Waals surface area contributed by atoms with Crippen molar-refractivity contribution in [3.8, 4) is 0 Å². The van der Waals surface area contributed by atoms with E-state index in [-0.39, 0.29) is 23.9 Å². The van der Waals surface area contributed by atoms with Gasteiger partial charge in [-0.2, -0.15) is 0 Å². The zero-order valence-electron chi connectivity index (χ0n) is 14.4. The number of rotatable bonds is 5. The Hall–Kier alpha value is -2.89. The van der Waals surface area contributed by atoms with Crippen LogP contribution in [-0.4, -0.2) is 16.9 Å². The molecule has 1 atom stereocenters. The van der Waals surface area contributed by atoms with Gasteiger partial charge < -0.3 is 16.0 Å². The van der Waals surface area contributed by atoms with Crippen molar-refractivity contribution >= 4 is 23.3 Å². The molecule has 1 aromatic carbocycles. The number of pyridine rings is 1. The first-order valence-corrected chi connectivity index (χ1v) is 8.42. The lowest BCUT2D eigenvalue weighted by molar-refractivity contribution is -0.117. The molecule has 1 fully saturated rings. The molecular formula is C19H22N4O2. The third kappa shape index (κ3) is 4.56. The fraction of sp³-hybridized carbons (Fsp3) is 0.316. The Morgan fingerprint density at radius 1 is 1.12 bits per heavy atom. The summed E-state index contributed by atoms with van der Waals surface area (Å²) in [6, 6.07) is 8.87. The zero-order chi connectivity index (χ0) is 17.8. The highest BCUT2D eigenvalue weighted by atomic mass is 16.2. The molecule has 3 amide bonds. The van der Waals surface area contributed by atoms with Crippen LogP contribution in [0.3, 0.4) is 0 Å². The largest absolute Gasteiger partial charge is 0.331 e. The topological polar surface area (TPSA) is 83.1 Å². The average Bonchev–Trinajstić information content (AvgIpc) is 3.42. The van der Waals surface area contributed by atoms with Gasteiger partial charge in [-0.1, -0.05) is 12.1 Å². The number of nitrogens with one attached hydrogen (secondary N) is 3. The smallest absolute Gasteiger partial charge is 0.319 e. The standard InChI is InChI=1S/C19H22N4O2/c1-12-11-20-10-9-17(12)23-19(25)21-13(2)14-5-7-16(8-6-14)22-18(24)15-3-4-15/h5-11,13,15H,3-4H2,1-2H3,(H,22,24)(H2,20,21,23,25). The molecule has 130 valence electrons. The Labute approximate surface area is 147 Å². The van der Waals surface area contributed by atoms with Crippen LogP contribution >= 0.6 is 0 Å². The third-order valence-corrected chi connectivity index (χ3v) is 4.24. The summed E-state index contributed by atoms with van der Waals surface area (Å²) in [5.41, 5.74) is 3.38. The highest BCUT2D eigenvalue weighted by Crippen LogP contribution is 2.30. The fourth-order valence-electron chi connectivity index (χ4n) is 2.50. The minimum Gasteiger partial charge on any atom is -0.331 e. The maximum Gasteiger partial charge on any atom is 0.319 e. The second kappa shape index (κ2) is 7.34. The molecule has 1 aromatic heterocycles. The summed E-state index contributed by atoms with van der Waals surface area (Å²) < 4.78 is 0. The maximum absolute atomic E-state index is 12.1. The minimum atomic E-state index is -0.270. The van der Waals surface area contributed by atoms with E-state index in [1.807, 2.05) is 38.1 Å². The van der Waals surface area contributed by atoms with Crippen LogP contribution in [0.25, 0.3) is 0 Å². The highest BCUT2D eigenvalue weighted by Gasteiger charge is 2.29. The second-order valence-corrected chi connectivity index (χ2v) is 6.40. The molecule has 3 N–H and O–H groups in total. The van der Waals surface area contributed by atoms with E-state index in [1.54, 1.807) is 18.5 Å². The first-order chi connectivity index (χ1) is 12.0. The van der Waals surface area contributed by atoms with Crippen LogP contribution in [0.2, 0.25) is 0 Å². The molecule has 6 heteroatoms. The van der Waals surface area contributed by atoms with Crippen LogP contribution < -0.4 is 16.0 Å². The quantitative estimate of drug-likeness (QED) is 0.778. The van der Waals surface area contributed by atoms with E-state index >= 15 is 0 Å². The van der Waals surface area contributed by atoms with Gasteiger partial charge in [0.1, 0.15) is 0 Å². The first kappa shape index (κ1) is 17.0. The van der Waals surface area contributed by atoms with E-state index < -0.39 is 0 Å². The summed E-state index contributed by atoms with van der Waals surface area (Å²) in [4.78, 5) is 27.9. The number of anilines is 2. The molecule has 0 aliphatic heterocycles. The first-order valence-electron chi connectivity index (χ1n) is 8.42. The zero-order valence-corrected chi connectivity index (χ0v) is 14.4. The molecule has 0 radical (unpaired) electrons. The summed E-state index contributed by atoms with van der Waals surface area (Å²) in [7, 11) is 0. The van der Waals surface area contributed by atoms with Crippen molar-refractivity contribution in [1.29, 1.82) is 0 Å². The Morgan fingerprint density at radius 3 is 2.48 bits per heavy atom. The lowest BCUT2D eigenvalue weighted by Gasteiger charge is -2.16. The molecule has 25 heavy (non-hydrogen) atoms. The SMILES string of the molecule is Cc1cnccc1NC(=O)NC(C)c1ccc(NC(=O)C2CC2)cc1. The van der Waals surface area contributed by atoms with E-state index in [0.29, 0.717) is 0 Å². The van der Waals surface area contributed by atoms with Crippen LogP contribution in [0.1, 0.15) is 36.9 Å². The van der Waals surface area contributed by atoms with Crippen molar-refractivity contribution < 1.29 is 9.59 Å². The predicted octanol–water partition coefficient (Wildman–Crippen LogP) is 3.62. The summed E-state index contributed by atoms with van der Waals surface area (Å²) in [6.45, 7) is 3.80. The molecule has 1 heterocycles. The van der Waals surface area contributed by atoms with E-state index in [2.05, 4.69) is 20.9 Å². The molecule has 1 aliphatic carbocycles. The summed E-state index contributed by atoms with van der Waals surface area (Å²) in [5.74, 6) is 0.270.